The summed E-state index contributed by atoms with van der Waals surface area (Å²) in [6.07, 6.45) is 0.882. The fourth-order valence-corrected chi connectivity index (χ4v) is 3.29. The van der Waals surface area contributed by atoms with Crippen molar-refractivity contribution in [2.75, 3.05) is 6.61 Å². The van der Waals surface area contributed by atoms with Gasteiger partial charge in [-0.25, -0.2) is 13.2 Å². The molecule has 118 valence electrons. The molecule has 0 aromatic heterocycles. The lowest BCUT2D eigenvalue weighted by molar-refractivity contribution is -0.139. The van der Waals surface area contributed by atoms with Crippen molar-refractivity contribution >= 4 is 15.8 Å². The summed E-state index contributed by atoms with van der Waals surface area (Å²) in [7, 11) is -3.83. The molecule has 7 heteroatoms. The Morgan fingerprint density at radius 2 is 2.05 bits per heavy atom. The Hall–Kier alpha value is -2.33. The number of aliphatic carboxylic acids is 1. The number of carbonyl (C=O) groups is 1. The third-order valence-electron chi connectivity index (χ3n) is 2.72. The normalized spacial score (nSPS) is 12.1. The lowest BCUT2D eigenvalue weighted by Crippen LogP contribution is -2.20. The molecule has 0 spiro atoms. The van der Waals surface area contributed by atoms with Crippen LogP contribution < -0.4 is 4.74 Å². The molecule has 1 rings (SSSR count). The molecule has 22 heavy (non-hydrogen) atoms. The molecular formula is C15H17NO5S. The lowest BCUT2D eigenvalue weighted by Gasteiger charge is -2.25. The van der Waals surface area contributed by atoms with Gasteiger partial charge in [0, 0.05) is 17.0 Å². The van der Waals surface area contributed by atoms with Crippen molar-refractivity contribution in [1.82, 2.24) is 0 Å². The van der Waals surface area contributed by atoms with Gasteiger partial charge in [0.05, 0.1) is 11.0 Å². The van der Waals surface area contributed by atoms with E-state index < -0.39 is 27.8 Å². The minimum atomic E-state index is -3.83. The van der Waals surface area contributed by atoms with E-state index in [1.807, 2.05) is 0 Å². The van der Waals surface area contributed by atoms with Gasteiger partial charge in [0.1, 0.15) is 5.75 Å². The molecule has 1 N–H and O–H groups in total. The largest absolute Gasteiger partial charge is 0.482 e. The van der Waals surface area contributed by atoms with Gasteiger partial charge in [0.2, 0.25) is 9.84 Å². The van der Waals surface area contributed by atoms with E-state index in [0.717, 1.165) is 11.5 Å². The Bertz CT molecular complexity index is 736. The Kier molecular flexibility index (Phi) is 5.33. The first-order valence-electron chi connectivity index (χ1n) is 6.39. The van der Waals surface area contributed by atoms with Crippen LogP contribution in [0.5, 0.6) is 5.75 Å². The second-order valence-corrected chi connectivity index (χ2v) is 7.34. The number of nitrogens with zero attached hydrogens (tertiary/aromatic N) is 1. The van der Waals surface area contributed by atoms with Crippen LogP contribution in [-0.2, 0) is 20.0 Å². The number of hydrogen-bond acceptors (Lipinski definition) is 5. The Morgan fingerprint density at radius 1 is 1.41 bits per heavy atom. The first-order chi connectivity index (χ1) is 10.1. The van der Waals surface area contributed by atoms with E-state index in [1.165, 1.54) is 18.2 Å². The van der Waals surface area contributed by atoms with Gasteiger partial charge in [-0.2, -0.15) is 5.26 Å². The zero-order valence-electron chi connectivity index (χ0n) is 12.5. The van der Waals surface area contributed by atoms with Gasteiger partial charge in [-0.05, 0) is 17.5 Å². The Morgan fingerprint density at radius 3 is 2.55 bits per heavy atom. The molecular weight excluding hydrogens is 306 g/mol. The molecule has 0 aliphatic heterocycles. The molecule has 0 fully saturated rings. The van der Waals surface area contributed by atoms with Crippen LogP contribution in [0.1, 0.15) is 26.3 Å². The molecule has 0 radical (unpaired) electrons. The molecule has 0 bridgehead atoms. The van der Waals surface area contributed by atoms with Crippen LogP contribution in [0.4, 0.5) is 0 Å². The molecule has 1 aromatic carbocycles. The van der Waals surface area contributed by atoms with E-state index in [0.29, 0.717) is 5.56 Å². The number of nitriles is 1. The van der Waals surface area contributed by atoms with Crippen LogP contribution in [0.2, 0.25) is 0 Å². The van der Waals surface area contributed by atoms with Crippen LogP contribution in [-0.4, -0.2) is 26.1 Å². The first kappa shape index (κ1) is 17.7. The summed E-state index contributed by atoms with van der Waals surface area (Å²) < 4.78 is 29.9. The van der Waals surface area contributed by atoms with Gasteiger partial charge < -0.3 is 9.84 Å². The molecule has 0 unspecified atom stereocenters. The van der Waals surface area contributed by atoms with E-state index in [9.17, 15) is 13.2 Å². The van der Waals surface area contributed by atoms with Crippen molar-refractivity contribution in [3.63, 3.8) is 0 Å². The average Bonchev–Trinajstić information content (AvgIpc) is 2.41. The van der Waals surface area contributed by atoms with E-state index in [4.69, 9.17) is 15.1 Å². The van der Waals surface area contributed by atoms with E-state index in [2.05, 4.69) is 0 Å². The van der Waals surface area contributed by atoms with Crippen molar-refractivity contribution in [3.05, 3.63) is 35.2 Å². The van der Waals surface area contributed by atoms with Crippen molar-refractivity contribution in [1.29, 1.82) is 5.26 Å². The van der Waals surface area contributed by atoms with E-state index in [-0.39, 0.29) is 10.6 Å². The van der Waals surface area contributed by atoms with Crippen molar-refractivity contribution < 1.29 is 23.1 Å². The average molecular weight is 323 g/mol. The highest BCUT2D eigenvalue weighted by Gasteiger charge is 2.28. The smallest absolute Gasteiger partial charge is 0.341 e. The number of carboxylic acids is 1. The zero-order valence-corrected chi connectivity index (χ0v) is 13.3. The van der Waals surface area contributed by atoms with Crippen LogP contribution in [0, 0.1) is 11.3 Å². The number of sulfone groups is 1. The van der Waals surface area contributed by atoms with Gasteiger partial charge in [0.15, 0.2) is 6.61 Å². The maximum absolute atomic E-state index is 12.3. The molecule has 0 amide bonds. The molecule has 6 nitrogen and oxygen atoms in total. The quantitative estimate of drug-likeness (QED) is 0.833. The fourth-order valence-electron chi connectivity index (χ4n) is 1.94. The summed E-state index contributed by atoms with van der Waals surface area (Å²) in [6, 6.07) is 6.04. The zero-order chi connectivity index (χ0) is 17.0. The van der Waals surface area contributed by atoms with Crippen LogP contribution in [0.15, 0.2) is 34.6 Å². The molecule has 0 saturated carbocycles. The van der Waals surface area contributed by atoms with Gasteiger partial charge in [-0.1, -0.05) is 26.8 Å². The number of carboxylic acid groups (broad SMARTS) is 1. The summed E-state index contributed by atoms with van der Waals surface area (Å²) in [5, 5.41) is 18.1. The minimum absolute atomic E-state index is 0.00520. The topological polar surface area (TPSA) is 104 Å². The van der Waals surface area contributed by atoms with Gasteiger partial charge in [0.25, 0.3) is 0 Å². The molecule has 0 heterocycles. The predicted octanol–water partition coefficient (Wildman–Crippen LogP) is 2.26. The molecule has 1 aromatic rings. The SMILES string of the molecule is CC(C)(C)c1c(OCC(=O)O)cccc1S(=O)(=O)/C=C/C#N. The highest BCUT2D eigenvalue weighted by atomic mass is 32.2. The maximum Gasteiger partial charge on any atom is 0.341 e. The third-order valence-corrected chi connectivity index (χ3v) is 4.17. The first-order valence-corrected chi connectivity index (χ1v) is 7.93. The number of ether oxygens (including phenoxy) is 1. The minimum Gasteiger partial charge on any atom is -0.482 e. The van der Waals surface area contributed by atoms with E-state index >= 15 is 0 Å². The van der Waals surface area contributed by atoms with Crippen molar-refractivity contribution in [3.8, 4) is 11.8 Å². The Labute approximate surface area is 129 Å². The van der Waals surface area contributed by atoms with Crippen LogP contribution in [0.25, 0.3) is 0 Å². The maximum atomic E-state index is 12.3. The van der Waals surface area contributed by atoms with Gasteiger partial charge in [-0.15, -0.1) is 0 Å². The highest BCUT2D eigenvalue weighted by molar-refractivity contribution is 7.94. The number of allylic oxidation sites excluding steroid dienone is 1. The second kappa shape index (κ2) is 6.62. The summed E-state index contributed by atoms with van der Waals surface area (Å²) in [5.74, 6) is -0.959. The summed E-state index contributed by atoms with van der Waals surface area (Å²) in [4.78, 5) is 10.7. The molecule has 0 saturated heterocycles. The Balaban J connectivity index is 3.53. The number of hydrogen-bond donors (Lipinski definition) is 1. The summed E-state index contributed by atoms with van der Waals surface area (Å²) in [6.45, 7) is 4.82. The molecule has 0 atom stereocenters. The summed E-state index contributed by atoms with van der Waals surface area (Å²) >= 11 is 0. The highest BCUT2D eigenvalue weighted by Crippen LogP contribution is 2.37. The van der Waals surface area contributed by atoms with Crippen molar-refractivity contribution in [2.24, 2.45) is 0 Å². The van der Waals surface area contributed by atoms with E-state index in [1.54, 1.807) is 26.8 Å². The number of benzene rings is 1. The third kappa shape index (κ3) is 4.33. The molecule has 0 aliphatic carbocycles. The predicted molar refractivity (Wildman–Crippen MR) is 80.2 cm³/mol. The second-order valence-electron chi connectivity index (χ2n) is 5.54. The monoisotopic (exact) mass is 323 g/mol. The number of rotatable bonds is 5. The van der Waals surface area contributed by atoms with Crippen LogP contribution >= 0.6 is 0 Å². The molecule has 0 aliphatic rings. The van der Waals surface area contributed by atoms with Gasteiger partial charge >= 0.3 is 5.97 Å². The lowest BCUT2D eigenvalue weighted by atomic mass is 9.86. The van der Waals surface area contributed by atoms with Gasteiger partial charge in [-0.3, -0.25) is 0 Å². The summed E-state index contributed by atoms with van der Waals surface area (Å²) in [5.41, 5.74) is -0.225. The fraction of sp³-hybridized carbons (Fsp3) is 0.333. The van der Waals surface area contributed by atoms with Crippen LogP contribution in [0.3, 0.4) is 0 Å². The van der Waals surface area contributed by atoms with Crippen molar-refractivity contribution in [2.45, 2.75) is 31.1 Å². The standard InChI is InChI=1S/C15H17NO5S/c1-15(2,3)14-11(21-10-13(17)18)6-4-7-12(14)22(19,20)9-5-8-16/h4-7,9H,10H2,1-3H3,(H,17,18)/b9-5+.